The van der Waals surface area contributed by atoms with Gasteiger partial charge in [0, 0.05) is 23.5 Å². The van der Waals surface area contributed by atoms with Crippen molar-refractivity contribution in [2.24, 2.45) is 0 Å². The Kier molecular flexibility index (Phi) is 2.98. The first-order chi connectivity index (χ1) is 8.39. The molecule has 1 heterocycles. The van der Waals surface area contributed by atoms with Gasteiger partial charge in [0.15, 0.2) is 0 Å². The van der Waals surface area contributed by atoms with Gasteiger partial charge in [-0.15, -0.1) is 0 Å². The molecule has 2 nitrogen and oxygen atoms in total. The Morgan fingerprint density at radius 1 is 1.11 bits per heavy atom. The van der Waals surface area contributed by atoms with Gasteiger partial charge in [-0.3, -0.25) is 4.98 Å². The van der Waals surface area contributed by atoms with Crippen LogP contribution in [0.15, 0.2) is 36.7 Å². The molecule has 0 radical (unpaired) electrons. The van der Waals surface area contributed by atoms with Gasteiger partial charge in [-0.1, -0.05) is 11.6 Å². The van der Waals surface area contributed by atoms with E-state index >= 15 is 0 Å². The van der Waals surface area contributed by atoms with Crippen molar-refractivity contribution in [2.75, 3.05) is 0 Å². The van der Waals surface area contributed by atoms with Gasteiger partial charge < -0.3 is 5.11 Å². The zero-order chi connectivity index (χ0) is 13.3. The summed E-state index contributed by atoms with van der Waals surface area (Å²) < 4.78 is 38.6. The zero-order valence-corrected chi connectivity index (χ0v) is 9.49. The minimum atomic E-state index is -4.48. The summed E-state index contributed by atoms with van der Waals surface area (Å²) in [5, 5.41) is 9.68. The molecular formula is C13H10F3NO. The maximum absolute atomic E-state index is 12.9. The molecule has 1 aromatic heterocycles. The fraction of sp³-hybridized carbons (Fsp3) is 0.154. The molecule has 2 aromatic rings. The molecule has 94 valence electrons. The van der Waals surface area contributed by atoms with Crippen LogP contribution >= 0.6 is 0 Å². The first-order valence-electron chi connectivity index (χ1n) is 5.21. The minimum absolute atomic E-state index is 0.119. The first-order valence-corrected chi connectivity index (χ1v) is 5.21. The second-order valence-electron chi connectivity index (χ2n) is 3.94. The van der Waals surface area contributed by atoms with Crippen LogP contribution in [0.2, 0.25) is 0 Å². The molecule has 1 N–H and O–H groups in total. The number of rotatable bonds is 1. The number of phenolic OH excluding ortho intramolecular Hbond substituents is 1. The van der Waals surface area contributed by atoms with E-state index < -0.39 is 11.7 Å². The van der Waals surface area contributed by atoms with Crippen molar-refractivity contribution in [3.63, 3.8) is 0 Å². The Balaban J connectivity index is 2.68. The number of hydrogen-bond donors (Lipinski definition) is 1. The van der Waals surface area contributed by atoms with E-state index in [4.69, 9.17) is 0 Å². The van der Waals surface area contributed by atoms with E-state index in [2.05, 4.69) is 4.98 Å². The lowest BCUT2D eigenvalue weighted by atomic mass is 9.99. The Morgan fingerprint density at radius 2 is 1.83 bits per heavy atom. The zero-order valence-electron chi connectivity index (χ0n) is 9.49. The standard InChI is InChI=1S/C13H10F3NO/c1-8-2-3-12(18)9(6-8)10-7-17-5-4-11(10)13(14,15)16/h2-7,18H,1H3. The molecule has 0 atom stereocenters. The number of aryl methyl sites for hydroxylation is 1. The SMILES string of the molecule is Cc1ccc(O)c(-c2cnccc2C(F)(F)F)c1. The maximum Gasteiger partial charge on any atom is 0.417 e. The number of pyridine rings is 1. The van der Waals surface area contributed by atoms with Gasteiger partial charge in [0.25, 0.3) is 0 Å². The topological polar surface area (TPSA) is 33.1 Å². The van der Waals surface area contributed by atoms with Crippen LogP contribution in [-0.4, -0.2) is 10.1 Å². The number of phenols is 1. The molecule has 0 amide bonds. The number of hydrogen-bond acceptors (Lipinski definition) is 2. The quantitative estimate of drug-likeness (QED) is 0.838. The van der Waals surface area contributed by atoms with Crippen molar-refractivity contribution in [1.29, 1.82) is 0 Å². The summed E-state index contributed by atoms with van der Waals surface area (Å²) in [6.07, 6.45) is -2.29. The third-order valence-corrected chi connectivity index (χ3v) is 2.57. The molecule has 0 saturated heterocycles. The third kappa shape index (κ3) is 2.30. The van der Waals surface area contributed by atoms with E-state index in [1.54, 1.807) is 13.0 Å². The van der Waals surface area contributed by atoms with E-state index in [0.717, 1.165) is 24.0 Å². The van der Waals surface area contributed by atoms with E-state index in [9.17, 15) is 18.3 Å². The van der Waals surface area contributed by atoms with Crippen LogP contribution in [0.3, 0.4) is 0 Å². The number of halogens is 3. The van der Waals surface area contributed by atoms with Gasteiger partial charge in [-0.2, -0.15) is 13.2 Å². The van der Waals surface area contributed by atoms with Crippen LogP contribution in [-0.2, 0) is 6.18 Å². The van der Waals surface area contributed by atoms with Gasteiger partial charge in [-0.25, -0.2) is 0 Å². The van der Waals surface area contributed by atoms with Gasteiger partial charge in [0.05, 0.1) is 5.56 Å². The second-order valence-corrected chi connectivity index (χ2v) is 3.94. The summed E-state index contributed by atoms with van der Waals surface area (Å²) in [5.41, 5.74) is -0.0280. The van der Waals surface area contributed by atoms with Crippen molar-refractivity contribution in [2.45, 2.75) is 13.1 Å². The summed E-state index contributed by atoms with van der Waals surface area (Å²) >= 11 is 0. The van der Waals surface area contributed by atoms with Crippen molar-refractivity contribution < 1.29 is 18.3 Å². The average molecular weight is 253 g/mol. The summed E-state index contributed by atoms with van der Waals surface area (Å²) in [7, 11) is 0. The third-order valence-electron chi connectivity index (χ3n) is 2.57. The molecule has 1 aromatic carbocycles. The molecule has 0 fully saturated rings. The lowest BCUT2D eigenvalue weighted by Crippen LogP contribution is -2.07. The molecule has 0 unspecified atom stereocenters. The van der Waals surface area contributed by atoms with Crippen LogP contribution < -0.4 is 0 Å². The molecule has 0 aliphatic carbocycles. The lowest BCUT2D eigenvalue weighted by molar-refractivity contribution is -0.137. The Bertz CT molecular complexity index is 579. The molecule has 0 bridgehead atoms. The Morgan fingerprint density at radius 3 is 2.50 bits per heavy atom. The highest BCUT2D eigenvalue weighted by molar-refractivity contribution is 5.73. The number of benzene rings is 1. The predicted octanol–water partition coefficient (Wildman–Crippen LogP) is 3.78. The fourth-order valence-electron chi connectivity index (χ4n) is 1.72. The van der Waals surface area contributed by atoms with Crippen LogP contribution in [0, 0.1) is 6.92 Å². The largest absolute Gasteiger partial charge is 0.507 e. The van der Waals surface area contributed by atoms with Gasteiger partial charge in [-0.05, 0) is 25.1 Å². The summed E-state index contributed by atoms with van der Waals surface area (Å²) in [6, 6.07) is 5.40. The average Bonchev–Trinajstić information content (AvgIpc) is 2.31. The first kappa shape index (κ1) is 12.4. The molecule has 0 saturated carbocycles. The van der Waals surface area contributed by atoms with Crippen molar-refractivity contribution in [1.82, 2.24) is 4.98 Å². The van der Waals surface area contributed by atoms with Gasteiger partial charge >= 0.3 is 6.18 Å². The van der Waals surface area contributed by atoms with E-state index in [-0.39, 0.29) is 16.9 Å². The van der Waals surface area contributed by atoms with Crippen molar-refractivity contribution >= 4 is 0 Å². The molecule has 0 aliphatic heterocycles. The summed E-state index contributed by atoms with van der Waals surface area (Å²) in [6.45, 7) is 1.74. The highest BCUT2D eigenvalue weighted by atomic mass is 19.4. The Hall–Kier alpha value is -2.04. The smallest absolute Gasteiger partial charge is 0.417 e. The number of aromatic nitrogens is 1. The molecule has 0 spiro atoms. The molecular weight excluding hydrogens is 243 g/mol. The lowest BCUT2D eigenvalue weighted by Gasteiger charge is -2.13. The monoisotopic (exact) mass is 253 g/mol. The molecule has 18 heavy (non-hydrogen) atoms. The number of alkyl halides is 3. The fourth-order valence-corrected chi connectivity index (χ4v) is 1.72. The van der Waals surface area contributed by atoms with Crippen LogP contribution in [0.5, 0.6) is 5.75 Å². The number of aromatic hydroxyl groups is 1. The molecule has 0 aliphatic rings. The molecule has 5 heteroatoms. The van der Waals surface area contributed by atoms with Crippen LogP contribution in [0.1, 0.15) is 11.1 Å². The van der Waals surface area contributed by atoms with E-state index in [1.807, 2.05) is 0 Å². The van der Waals surface area contributed by atoms with Crippen LogP contribution in [0.25, 0.3) is 11.1 Å². The van der Waals surface area contributed by atoms with Crippen molar-refractivity contribution in [3.8, 4) is 16.9 Å². The summed E-state index contributed by atoms with van der Waals surface area (Å²) in [5.74, 6) is -0.195. The van der Waals surface area contributed by atoms with Gasteiger partial charge in [0.1, 0.15) is 5.75 Å². The number of nitrogens with zero attached hydrogens (tertiary/aromatic N) is 1. The molecule has 2 rings (SSSR count). The normalized spacial score (nSPS) is 11.6. The van der Waals surface area contributed by atoms with E-state index in [1.165, 1.54) is 12.1 Å². The predicted molar refractivity (Wildman–Crippen MR) is 61.1 cm³/mol. The maximum atomic E-state index is 12.9. The second kappa shape index (κ2) is 4.33. The van der Waals surface area contributed by atoms with E-state index in [0.29, 0.717) is 0 Å². The Labute approximate surface area is 102 Å². The highest BCUT2D eigenvalue weighted by Gasteiger charge is 2.34. The van der Waals surface area contributed by atoms with Gasteiger partial charge in [0.2, 0.25) is 0 Å². The van der Waals surface area contributed by atoms with Crippen molar-refractivity contribution in [3.05, 3.63) is 47.8 Å². The highest BCUT2D eigenvalue weighted by Crippen LogP contribution is 2.39. The van der Waals surface area contributed by atoms with Crippen LogP contribution in [0.4, 0.5) is 13.2 Å². The minimum Gasteiger partial charge on any atom is -0.507 e. The summed E-state index contributed by atoms with van der Waals surface area (Å²) in [4.78, 5) is 3.69.